The molecule has 2 fully saturated rings. The molecule has 5 nitrogen and oxygen atoms in total. The van der Waals surface area contributed by atoms with E-state index >= 15 is 0 Å². The lowest BCUT2D eigenvalue weighted by atomic mass is 10.0. The average Bonchev–Trinajstić information content (AvgIpc) is 3.46. The summed E-state index contributed by atoms with van der Waals surface area (Å²) < 4.78 is 5.78. The minimum atomic E-state index is 0.0260. The molecule has 31 heavy (non-hydrogen) atoms. The Hall–Kier alpha value is -2.50. The monoisotopic (exact) mass is 437 g/mol. The van der Waals surface area contributed by atoms with Gasteiger partial charge in [0.15, 0.2) is 5.76 Å². The first-order valence-corrected chi connectivity index (χ1v) is 11.4. The number of furan rings is 1. The Morgan fingerprint density at radius 1 is 1.10 bits per heavy atom. The van der Waals surface area contributed by atoms with Gasteiger partial charge in [0.25, 0.3) is 5.91 Å². The van der Waals surface area contributed by atoms with Crippen molar-refractivity contribution in [1.29, 1.82) is 0 Å². The Labute approximate surface area is 188 Å². The standard InChI is InChI=1S/C25H28ClN3O2/c1-17-7-8-21(12-22(17)26)27-9-4-10-28-13-19-15-29(16-20(19)14-28)25(30)24-11-18-5-2-3-6-23(18)31-24/h2-3,5-8,11-12,19-20,27H,4,9-10,13-16H2,1H3. The maximum atomic E-state index is 12.9. The quantitative estimate of drug-likeness (QED) is 0.557. The van der Waals surface area contributed by atoms with Crippen molar-refractivity contribution in [3.05, 3.63) is 64.9 Å². The third-order valence-electron chi connectivity index (χ3n) is 6.64. The molecule has 3 aromatic rings. The number of nitrogens with one attached hydrogen (secondary N) is 1. The fraction of sp³-hybridized carbons (Fsp3) is 0.400. The topological polar surface area (TPSA) is 48.7 Å². The number of carbonyl (C=O) groups excluding carboxylic acids is 1. The Bertz CT molecular complexity index is 1050. The summed E-state index contributed by atoms with van der Waals surface area (Å²) in [5, 5.41) is 5.25. The minimum absolute atomic E-state index is 0.0260. The molecule has 3 heterocycles. The smallest absolute Gasteiger partial charge is 0.289 e. The zero-order valence-electron chi connectivity index (χ0n) is 17.8. The number of anilines is 1. The Kier molecular flexibility index (Phi) is 5.63. The molecule has 0 radical (unpaired) electrons. The van der Waals surface area contributed by atoms with Crippen LogP contribution in [-0.2, 0) is 0 Å². The lowest BCUT2D eigenvalue weighted by molar-refractivity contribution is 0.0745. The fourth-order valence-corrected chi connectivity index (χ4v) is 5.10. The van der Waals surface area contributed by atoms with Crippen LogP contribution < -0.4 is 5.32 Å². The number of aryl methyl sites for hydroxylation is 1. The van der Waals surface area contributed by atoms with Gasteiger partial charge in [-0.25, -0.2) is 0 Å². The molecular formula is C25H28ClN3O2. The second-order valence-electron chi connectivity index (χ2n) is 8.88. The summed E-state index contributed by atoms with van der Waals surface area (Å²) >= 11 is 6.20. The number of fused-ring (bicyclic) bond motifs is 2. The zero-order valence-corrected chi connectivity index (χ0v) is 18.6. The van der Waals surface area contributed by atoms with Crippen LogP contribution in [0, 0.1) is 18.8 Å². The first kappa shape index (κ1) is 20.4. The van der Waals surface area contributed by atoms with Crippen molar-refractivity contribution in [2.45, 2.75) is 13.3 Å². The molecule has 162 valence electrons. The van der Waals surface area contributed by atoms with Gasteiger partial charge in [-0.1, -0.05) is 35.9 Å². The summed E-state index contributed by atoms with van der Waals surface area (Å²) in [5.74, 6) is 1.62. The van der Waals surface area contributed by atoms with Crippen molar-refractivity contribution in [2.75, 3.05) is 44.6 Å². The minimum Gasteiger partial charge on any atom is -0.451 e. The maximum Gasteiger partial charge on any atom is 0.289 e. The van der Waals surface area contributed by atoms with Crippen molar-refractivity contribution in [3.63, 3.8) is 0 Å². The van der Waals surface area contributed by atoms with E-state index in [4.69, 9.17) is 16.0 Å². The van der Waals surface area contributed by atoms with Crippen molar-refractivity contribution in [1.82, 2.24) is 9.80 Å². The van der Waals surface area contributed by atoms with Gasteiger partial charge in [0.1, 0.15) is 5.58 Å². The van der Waals surface area contributed by atoms with Gasteiger partial charge < -0.3 is 19.5 Å². The number of rotatable bonds is 6. The molecule has 1 N–H and O–H groups in total. The molecule has 2 aliphatic rings. The highest BCUT2D eigenvalue weighted by Crippen LogP contribution is 2.32. The maximum absolute atomic E-state index is 12.9. The molecule has 0 saturated carbocycles. The molecule has 1 amide bonds. The average molecular weight is 438 g/mol. The fourth-order valence-electron chi connectivity index (χ4n) is 4.92. The first-order valence-electron chi connectivity index (χ1n) is 11.1. The number of hydrogen-bond acceptors (Lipinski definition) is 4. The molecule has 0 spiro atoms. The largest absolute Gasteiger partial charge is 0.451 e. The Morgan fingerprint density at radius 3 is 2.61 bits per heavy atom. The van der Waals surface area contributed by atoms with Crippen molar-refractivity contribution in [2.24, 2.45) is 11.8 Å². The third-order valence-corrected chi connectivity index (χ3v) is 7.04. The highest BCUT2D eigenvalue weighted by Gasteiger charge is 2.41. The second kappa shape index (κ2) is 8.56. The molecule has 6 heteroatoms. The van der Waals surface area contributed by atoms with E-state index in [9.17, 15) is 4.79 Å². The van der Waals surface area contributed by atoms with E-state index in [0.29, 0.717) is 17.6 Å². The first-order chi connectivity index (χ1) is 15.1. The van der Waals surface area contributed by atoms with E-state index in [-0.39, 0.29) is 5.91 Å². The summed E-state index contributed by atoms with van der Waals surface area (Å²) in [6.45, 7) is 7.84. The van der Waals surface area contributed by atoms with E-state index in [2.05, 4.69) is 16.3 Å². The Morgan fingerprint density at radius 2 is 1.87 bits per heavy atom. The number of para-hydroxylation sites is 1. The zero-order chi connectivity index (χ0) is 21.4. The van der Waals surface area contributed by atoms with Crippen LogP contribution in [0.2, 0.25) is 5.02 Å². The predicted molar refractivity (Wildman–Crippen MR) is 125 cm³/mol. The number of hydrogen-bond donors (Lipinski definition) is 1. The molecule has 0 bridgehead atoms. The number of nitrogens with zero attached hydrogens (tertiary/aromatic N) is 2. The van der Waals surface area contributed by atoms with Crippen molar-refractivity contribution in [3.8, 4) is 0 Å². The molecule has 2 aliphatic heterocycles. The lowest BCUT2D eigenvalue weighted by Gasteiger charge is -2.21. The molecular weight excluding hydrogens is 410 g/mol. The summed E-state index contributed by atoms with van der Waals surface area (Å²) in [4.78, 5) is 17.4. The van der Waals surface area contributed by atoms with Crippen LogP contribution in [0.1, 0.15) is 22.5 Å². The van der Waals surface area contributed by atoms with Gasteiger partial charge in [-0.2, -0.15) is 0 Å². The van der Waals surface area contributed by atoms with Gasteiger partial charge >= 0.3 is 0 Å². The van der Waals surface area contributed by atoms with E-state index in [1.54, 1.807) is 0 Å². The highest BCUT2D eigenvalue weighted by atomic mass is 35.5. The van der Waals surface area contributed by atoms with Gasteiger partial charge in [0.05, 0.1) is 0 Å². The number of carbonyl (C=O) groups is 1. The summed E-state index contributed by atoms with van der Waals surface area (Å²) in [5.41, 5.74) is 2.95. The van der Waals surface area contributed by atoms with Crippen LogP contribution in [0.5, 0.6) is 0 Å². The third kappa shape index (κ3) is 4.30. The normalized spacial score (nSPS) is 21.0. The molecule has 2 saturated heterocycles. The second-order valence-corrected chi connectivity index (χ2v) is 9.29. The van der Waals surface area contributed by atoms with Crippen LogP contribution in [0.3, 0.4) is 0 Å². The van der Waals surface area contributed by atoms with Gasteiger partial charge in [0.2, 0.25) is 0 Å². The van der Waals surface area contributed by atoms with E-state index < -0.39 is 0 Å². The van der Waals surface area contributed by atoms with E-state index in [1.807, 2.05) is 54.3 Å². The van der Waals surface area contributed by atoms with Crippen LogP contribution >= 0.6 is 11.6 Å². The van der Waals surface area contributed by atoms with E-state index in [1.165, 1.54) is 0 Å². The molecule has 2 aromatic carbocycles. The number of benzene rings is 2. The van der Waals surface area contributed by atoms with Crippen molar-refractivity contribution < 1.29 is 9.21 Å². The number of amides is 1. The van der Waals surface area contributed by atoms with E-state index in [0.717, 1.165) is 72.9 Å². The van der Waals surface area contributed by atoms with Gasteiger partial charge in [0, 0.05) is 48.8 Å². The number of likely N-dealkylation sites (tertiary alicyclic amines) is 2. The molecule has 5 rings (SSSR count). The van der Waals surface area contributed by atoms with Crippen LogP contribution in [0.4, 0.5) is 5.69 Å². The van der Waals surface area contributed by atoms with Gasteiger partial charge in [-0.05, 0) is 61.6 Å². The van der Waals surface area contributed by atoms with Gasteiger partial charge in [-0.15, -0.1) is 0 Å². The molecule has 2 atom stereocenters. The molecule has 1 aromatic heterocycles. The van der Waals surface area contributed by atoms with Crippen molar-refractivity contribution >= 4 is 34.2 Å². The lowest BCUT2D eigenvalue weighted by Crippen LogP contribution is -2.33. The Balaban J connectivity index is 1.08. The van der Waals surface area contributed by atoms with Crippen LogP contribution in [-0.4, -0.2) is 55.0 Å². The summed E-state index contributed by atoms with van der Waals surface area (Å²) in [6, 6.07) is 15.8. The van der Waals surface area contributed by atoms with Gasteiger partial charge in [-0.3, -0.25) is 4.79 Å². The highest BCUT2D eigenvalue weighted by molar-refractivity contribution is 6.31. The number of halogens is 1. The van der Waals surface area contributed by atoms with Crippen LogP contribution in [0.25, 0.3) is 11.0 Å². The molecule has 2 unspecified atom stereocenters. The van der Waals surface area contributed by atoms with Crippen LogP contribution in [0.15, 0.2) is 52.9 Å². The SMILES string of the molecule is Cc1ccc(NCCCN2CC3CN(C(=O)c4cc5ccccc5o4)CC3C2)cc1Cl. The predicted octanol–water partition coefficient (Wildman–Crippen LogP) is 4.90. The summed E-state index contributed by atoms with van der Waals surface area (Å²) in [6.07, 6.45) is 1.09. The summed E-state index contributed by atoms with van der Waals surface area (Å²) in [7, 11) is 0. The molecule has 0 aliphatic carbocycles.